The van der Waals surface area contributed by atoms with Crippen LogP contribution in [0.4, 0.5) is 10.1 Å². The highest BCUT2D eigenvalue weighted by molar-refractivity contribution is 5.94. The van der Waals surface area contributed by atoms with Gasteiger partial charge in [0.2, 0.25) is 5.91 Å². The van der Waals surface area contributed by atoms with Gasteiger partial charge in [-0.1, -0.05) is 0 Å². The Bertz CT molecular complexity index is 1160. The number of nitrogens with zero attached hydrogens (tertiary/aromatic N) is 4. The van der Waals surface area contributed by atoms with E-state index in [-0.39, 0.29) is 25.1 Å². The minimum absolute atomic E-state index is 0.119. The maximum atomic E-state index is 14.8. The summed E-state index contributed by atoms with van der Waals surface area (Å²) in [6.07, 6.45) is 6.43. The molecule has 0 spiro atoms. The number of hydrogen-bond acceptors (Lipinski definition) is 7. The van der Waals surface area contributed by atoms with Crippen molar-refractivity contribution >= 4 is 22.5 Å². The quantitative estimate of drug-likeness (QED) is 0.550. The van der Waals surface area contributed by atoms with Crippen LogP contribution < -0.4 is 15.8 Å². The van der Waals surface area contributed by atoms with Crippen molar-refractivity contribution in [2.75, 3.05) is 25.9 Å². The number of rotatable bonds is 7. The molecule has 1 fully saturated rings. The highest BCUT2D eigenvalue weighted by Gasteiger charge is 2.30. The normalized spacial score (nSPS) is 19.6. The molecule has 0 bridgehead atoms. The van der Waals surface area contributed by atoms with E-state index in [0.717, 1.165) is 24.8 Å². The predicted molar refractivity (Wildman–Crippen MR) is 130 cm³/mol. The van der Waals surface area contributed by atoms with Gasteiger partial charge in [0, 0.05) is 34.9 Å². The number of nitrogens with two attached hydrogens (primary N) is 1. The summed E-state index contributed by atoms with van der Waals surface area (Å²) in [6, 6.07) is 5.57. The molecule has 3 heterocycles. The van der Waals surface area contributed by atoms with Crippen molar-refractivity contribution < 1.29 is 13.9 Å². The standard InChI is InChI=1S/C25H31FN6O2/c1-15-5-4-6-23(32(15)3)25(33)31-12-18(26)14-34-24-20(17-10-28-16(2)29-11-17)7-8-22-21(24)9-19(27)13-30-22/h7-11,13,15,18,23H,4-6,12,14,27H2,1-3H3,(H,31,33)/t15?,18?,23-/m0/s1. The van der Waals surface area contributed by atoms with Crippen LogP contribution in [0, 0.1) is 6.92 Å². The number of likely N-dealkylation sites (tertiary alicyclic amines) is 1. The van der Waals surface area contributed by atoms with Crippen molar-refractivity contribution in [1.82, 2.24) is 25.2 Å². The molecule has 4 rings (SSSR count). The molecule has 8 nitrogen and oxygen atoms in total. The highest BCUT2D eigenvalue weighted by Crippen LogP contribution is 2.36. The van der Waals surface area contributed by atoms with Gasteiger partial charge in [-0.05, 0) is 58.4 Å². The lowest BCUT2D eigenvalue weighted by Gasteiger charge is -2.36. The Balaban J connectivity index is 1.48. The number of benzene rings is 1. The monoisotopic (exact) mass is 466 g/mol. The van der Waals surface area contributed by atoms with E-state index in [1.54, 1.807) is 31.6 Å². The third kappa shape index (κ3) is 5.25. The fraction of sp³-hybridized carbons (Fsp3) is 0.440. The topological polar surface area (TPSA) is 106 Å². The number of amides is 1. The molecule has 0 saturated carbocycles. The average Bonchev–Trinajstić information content (AvgIpc) is 2.83. The summed E-state index contributed by atoms with van der Waals surface area (Å²) in [4.78, 5) is 27.6. The molecule has 0 aliphatic carbocycles. The largest absolute Gasteiger partial charge is 0.489 e. The highest BCUT2D eigenvalue weighted by atomic mass is 19.1. The van der Waals surface area contributed by atoms with Gasteiger partial charge in [-0.3, -0.25) is 14.7 Å². The van der Waals surface area contributed by atoms with E-state index in [1.165, 1.54) is 0 Å². The third-order valence-electron chi connectivity index (χ3n) is 6.42. The molecule has 1 aromatic carbocycles. The van der Waals surface area contributed by atoms with Crippen LogP contribution in [-0.2, 0) is 4.79 Å². The van der Waals surface area contributed by atoms with Crippen molar-refractivity contribution in [1.29, 1.82) is 0 Å². The number of hydrogen-bond donors (Lipinski definition) is 2. The fourth-order valence-electron chi connectivity index (χ4n) is 4.30. The zero-order valence-corrected chi connectivity index (χ0v) is 19.8. The molecule has 9 heteroatoms. The summed E-state index contributed by atoms with van der Waals surface area (Å²) in [7, 11) is 1.95. The Morgan fingerprint density at radius 3 is 2.79 bits per heavy atom. The van der Waals surface area contributed by atoms with Gasteiger partial charge in [-0.2, -0.15) is 0 Å². The van der Waals surface area contributed by atoms with Crippen LogP contribution in [0.5, 0.6) is 5.75 Å². The van der Waals surface area contributed by atoms with Gasteiger partial charge in [-0.25, -0.2) is 14.4 Å². The van der Waals surface area contributed by atoms with Crippen molar-refractivity contribution in [2.45, 2.75) is 51.4 Å². The average molecular weight is 467 g/mol. The third-order valence-corrected chi connectivity index (χ3v) is 6.42. The fourth-order valence-corrected chi connectivity index (χ4v) is 4.30. The van der Waals surface area contributed by atoms with Crippen LogP contribution in [-0.4, -0.2) is 64.2 Å². The molecule has 3 N–H and O–H groups in total. The number of piperidine rings is 1. The van der Waals surface area contributed by atoms with E-state index in [4.69, 9.17) is 10.5 Å². The zero-order chi connectivity index (χ0) is 24.2. The minimum Gasteiger partial charge on any atom is -0.489 e. The summed E-state index contributed by atoms with van der Waals surface area (Å²) >= 11 is 0. The van der Waals surface area contributed by atoms with Crippen molar-refractivity contribution in [3.63, 3.8) is 0 Å². The van der Waals surface area contributed by atoms with Crippen LogP contribution in [0.15, 0.2) is 36.8 Å². The molecule has 3 atom stereocenters. The van der Waals surface area contributed by atoms with Crippen LogP contribution in [0.25, 0.3) is 22.0 Å². The number of aryl methyl sites for hydroxylation is 1. The molecular weight excluding hydrogens is 435 g/mol. The van der Waals surface area contributed by atoms with Gasteiger partial charge in [0.05, 0.1) is 30.0 Å². The Morgan fingerprint density at radius 1 is 1.26 bits per heavy atom. The Kier molecular flexibility index (Phi) is 7.21. The molecule has 34 heavy (non-hydrogen) atoms. The maximum Gasteiger partial charge on any atom is 0.237 e. The molecule has 180 valence electrons. The molecule has 1 aliphatic rings. The van der Waals surface area contributed by atoms with Crippen molar-refractivity contribution in [2.24, 2.45) is 0 Å². The van der Waals surface area contributed by atoms with E-state index >= 15 is 0 Å². The van der Waals surface area contributed by atoms with E-state index in [0.29, 0.717) is 39.8 Å². The van der Waals surface area contributed by atoms with Gasteiger partial charge in [-0.15, -0.1) is 0 Å². The first-order valence-corrected chi connectivity index (χ1v) is 11.6. The van der Waals surface area contributed by atoms with Crippen molar-refractivity contribution in [3.8, 4) is 16.9 Å². The lowest BCUT2D eigenvalue weighted by Crippen LogP contribution is -2.52. The Hall–Kier alpha value is -3.33. The number of alkyl halides is 1. The lowest BCUT2D eigenvalue weighted by atomic mass is 9.97. The minimum atomic E-state index is -1.39. The molecule has 1 amide bonds. The van der Waals surface area contributed by atoms with Crippen LogP contribution in [0.3, 0.4) is 0 Å². The lowest BCUT2D eigenvalue weighted by molar-refractivity contribution is -0.128. The van der Waals surface area contributed by atoms with Crippen molar-refractivity contribution in [3.05, 3.63) is 42.6 Å². The van der Waals surface area contributed by atoms with E-state index in [9.17, 15) is 9.18 Å². The second-order valence-electron chi connectivity index (χ2n) is 8.91. The number of pyridine rings is 1. The summed E-state index contributed by atoms with van der Waals surface area (Å²) in [5.41, 5.74) is 8.57. The summed E-state index contributed by atoms with van der Waals surface area (Å²) in [5, 5.41) is 3.42. The first-order valence-electron chi connectivity index (χ1n) is 11.6. The maximum absolute atomic E-state index is 14.8. The number of anilines is 1. The van der Waals surface area contributed by atoms with Gasteiger partial charge in [0.1, 0.15) is 18.2 Å². The van der Waals surface area contributed by atoms with E-state index in [2.05, 4.69) is 32.1 Å². The number of halogens is 1. The molecule has 3 aromatic rings. The number of carbonyl (C=O) groups excluding carboxylic acids is 1. The molecular formula is C25H31FN6O2. The summed E-state index contributed by atoms with van der Waals surface area (Å²) in [6.45, 7) is 3.56. The number of nitrogen functional groups attached to an aromatic ring is 1. The zero-order valence-electron chi connectivity index (χ0n) is 19.8. The van der Waals surface area contributed by atoms with Gasteiger partial charge in [0.15, 0.2) is 6.17 Å². The van der Waals surface area contributed by atoms with Crippen LogP contribution in [0.2, 0.25) is 0 Å². The molecule has 2 unspecified atom stereocenters. The summed E-state index contributed by atoms with van der Waals surface area (Å²) < 4.78 is 20.8. The first kappa shape index (κ1) is 23.8. The number of fused-ring (bicyclic) bond motifs is 1. The van der Waals surface area contributed by atoms with E-state index in [1.807, 2.05) is 19.2 Å². The van der Waals surface area contributed by atoms with E-state index < -0.39 is 6.17 Å². The smallest absolute Gasteiger partial charge is 0.237 e. The second kappa shape index (κ2) is 10.3. The SMILES string of the molecule is Cc1ncc(-c2ccc3ncc(N)cc3c2OCC(F)CNC(=O)[C@@H]2CCCC(C)N2C)cn1. The Labute approximate surface area is 198 Å². The van der Waals surface area contributed by atoms with Gasteiger partial charge < -0.3 is 15.8 Å². The Morgan fingerprint density at radius 2 is 2.03 bits per heavy atom. The molecule has 0 radical (unpaired) electrons. The number of carbonyl (C=O) groups is 1. The van der Waals surface area contributed by atoms with Crippen LogP contribution in [0.1, 0.15) is 32.0 Å². The predicted octanol–water partition coefficient (Wildman–Crippen LogP) is 3.29. The van der Waals surface area contributed by atoms with Gasteiger partial charge >= 0.3 is 0 Å². The van der Waals surface area contributed by atoms with Crippen LogP contribution >= 0.6 is 0 Å². The number of aromatic nitrogens is 3. The second-order valence-corrected chi connectivity index (χ2v) is 8.91. The molecule has 2 aromatic heterocycles. The summed E-state index contributed by atoms with van der Waals surface area (Å²) in [5.74, 6) is 0.964. The van der Waals surface area contributed by atoms with Gasteiger partial charge in [0.25, 0.3) is 0 Å². The number of nitrogens with one attached hydrogen (secondary N) is 1. The first-order chi connectivity index (χ1) is 16.3. The molecule has 1 saturated heterocycles. The number of likely N-dealkylation sites (N-methyl/N-ethyl adjacent to an activating group) is 1. The number of ether oxygens (including phenoxy) is 1. The molecule has 1 aliphatic heterocycles.